The second-order valence-corrected chi connectivity index (χ2v) is 14.9. The van der Waals surface area contributed by atoms with Crippen molar-refractivity contribution in [3.8, 4) is 73.2 Å². The molecule has 0 spiro atoms. The number of halogens is 2. The number of aryl methyl sites for hydroxylation is 2. The lowest BCUT2D eigenvalue weighted by Crippen LogP contribution is -2.04. The van der Waals surface area contributed by atoms with Gasteiger partial charge >= 0.3 is 0 Å². The average molecular weight is 767 g/mol. The van der Waals surface area contributed by atoms with Crippen LogP contribution in [-0.2, 0) is 0 Å². The standard InChI is InChI=1S/C53H36F2N4/c1-33-16-20-35(21-17-33)39-24-27-43-44-28-25-40(36-22-18-34(2)19-23-36)32-49(44)59(48(43)31-39)47-29-26-41(42-14-9-15-46(54)50(42)55)30-45(47)53-57-51(37-10-5-3-6-11-37)56-52(58-53)38-12-7-4-8-13-38/h3-32H,1-2H3. The Hall–Kier alpha value is -7.57. The van der Waals surface area contributed by atoms with Gasteiger partial charge < -0.3 is 4.57 Å². The maximum Gasteiger partial charge on any atom is 0.166 e. The highest BCUT2D eigenvalue weighted by molar-refractivity contribution is 6.11. The number of aromatic nitrogens is 4. The molecule has 282 valence electrons. The molecule has 0 unspecified atom stereocenters. The largest absolute Gasteiger partial charge is 0.308 e. The van der Waals surface area contributed by atoms with E-state index in [9.17, 15) is 4.39 Å². The lowest BCUT2D eigenvalue weighted by atomic mass is 10.00. The number of rotatable bonds is 7. The van der Waals surface area contributed by atoms with Gasteiger partial charge in [-0.15, -0.1) is 0 Å². The van der Waals surface area contributed by atoms with Crippen LogP contribution in [0, 0.1) is 25.5 Å². The molecule has 0 aliphatic heterocycles. The molecule has 4 nitrogen and oxygen atoms in total. The predicted octanol–water partition coefficient (Wildman–Crippen LogP) is 13.9. The smallest absolute Gasteiger partial charge is 0.166 e. The van der Waals surface area contributed by atoms with E-state index in [0.29, 0.717) is 28.6 Å². The third kappa shape index (κ3) is 6.64. The normalized spacial score (nSPS) is 11.4. The molecule has 0 bridgehead atoms. The predicted molar refractivity (Wildman–Crippen MR) is 236 cm³/mol. The molecule has 0 radical (unpaired) electrons. The summed E-state index contributed by atoms with van der Waals surface area (Å²) in [5.74, 6) is -0.452. The van der Waals surface area contributed by atoms with E-state index in [2.05, 4.69) is 103 Å². The molecule has 6 heteroatoms. The van der Waals surface area contributed by atoms with Crippen molar-refractivity contribution in [3.63, 3.8) is 0 Å². The number of hydrogen-bond donors (Lipinski definition) is 0. The van der Waals surface area contributed by atoms with E-state index in [1.165, 1.54) is 17.2 Å². The first-order chi connectivity index (χ1) is 28.9. The highest BCUT2D eigenvalue weighted by Gasteiger charge is 2.22. The Morgan fingerprint density at radius 3 is 1.37 bits per heavy atom. The zero-order valence-electron chi connectivity index (χ0n) is 32.4. The van der Waals surface area contributed by atoms with Gasteiger partial charge in [-0.05, 0) is 72.0 Å². The maximum atomic E-state index is 15.6. The fourth-order valence-corrected chi connectivity index (χ4v) is 7.86. The van der Waals surface area contributed by atoms with Crippen LogP contribution in [-0.4, -0.2) is 19.5 Å². The molecule has 0 saturated heterocycles. The molecule has 0 atom stereocenters. The zero-order chi connectivity index (χ0) is 40.0. The third-order valence-electron chi connectivity index (χ3n) is 11.0. The fraction of sp³-hybridized carbons (Fsp3) is 0.0377. The Labute approximate surface area is 340 Å². The number of nitrogens with zero attached hydrogens (tertiary/aromatic N) is 4. The molecule has 0 N–H and O–H groups in total. The highest BCUT2D eigenvalue weighted by atomic mass is 19.2. The maximum absolute atomic E-state index is 15.6. The molecular weight excluding hydrogens is 731 g/mol. The van der Waals surface area contributed by atoms with Gasteiger partial charge in [0.15, 0.2) is 29.1 Å². The van der Waals surface area contributed by atoms with Gasteiger partial charge in [-0.1, -0.05) is 163 Å². The minimum atomic E-state index is -0.917. The molecule has 8 aromatic carbocycles. The lowest BCUT2D eigenvalue weighted by Gasteiger charge is -2.17. The third-order valence-corrected chi connectivity index (χ3v) is 11.0. The highest BCUT2D eigenvalue weighted by Crippen LogP contribution is 2.41. The number of hydrogen-bond acceptors (Lipinski definition) is 3. The van der Waals surface area contributed by atoms with Crippen molar-refractivity contribution in [2.75, 3.05) is 0 Å². The van der Waals surface area contributed by atoms with Crippen molar-refractivity contribution in [1.29, 1.82) is 0 Å². The first-order valence-corrected chi connectivity index (χ1v) is 19.6. The van der Waals surface area contributed by atoms with E-state index in [1.54, 1.807) is 6.07 Å². The summed E-state index contributed by atoms with van der Waals surface area (Å²) in [4.78, 5) is 15.3. The van der Waals surface area contributed by atoms with Crippen molar-refractivity contribution < 1.29 is 8.78 Å². The van der Waals surface area contributed by atoms with Crippen molar-refractivity contribution >= 4 is 21.8 Å². The summed E-state index contributed by atoms with van der Waals surface area (Å²) >= 11 is 0. The Morgan fingerprint density at radius 2 is 0.847 bits per heavy atom. The molecular formula is C53H36F2N4. The van der Waals surface area contributed by atoms with Crippen molar-refractivity contribution in [1.82, 2.24) is 19.5 Å². The molecule has 59 heavy (non-hydrogen) atoms. The summed E-state index contributed by atoms with van der Waals surface area (Å²) in [7, 11) is 0. The molecule has 10 rings (SSSR count). The molecule has 0 fully saturated rings. The van der Waals surface area contributed by atoms with Crippen molar-refractivity contribution in [2.45, 2.75) is 13.8 Å². The van der Waals surface area contributed by atoms with Crippen LogP contribution >= 0.6 is 0 Å². The minimum Gasteiger partial charge on any atom is -0.308 e. The summed E-state index contributed by atoms with van der Waals surface area (Å²) in [5, 5.41) is 2.14. The second-order valence-electron chi connectivity index (χ2n) is 14.9. The number of fused-ring (bicyclic) bond motifs is 3. The van der Waals surface area contributed by atoms with E-state index >= 15 is 4.39 Å². The van der Waals surface area contributed by atoms with Gasteiger partial charge in [0.1, 0.15) is 0 Å². The first kappa shape index (κ1) is 35.8. The minimum absolute atomic E-state index is 0.143. The van der Waals surface area contributed by atoms with Crippen LogP contribution in [0.4, 0.5) is 8.78 Å². The van der Waals surface area contributed by atoms with E-state index in [4.69, 9.17) is 15.0 Å². The molecule has 10 aromatic rings. The Kier molecular flexibility index (Phi) is 8.95. The molecule has 2 aromatic heterocycles. The fourth-order valence-electron chi connectivity index (χ4n) is 7.86. The zero-order valence-corrected chi connectivity index (χ0v) is 32.4. The Balaban J connectivity index is 1.31. The van der Waals surface area contributed by atoms with E-state index in [1.807, 2.05) is 78.9 Å². The first-order valence-electron chi connectivity index (χ1n) is 19.6. The summed E-state index contributed by atoms with van der Waals surface area (Å²) < 4.78 is 32.7. The van der Waals surface area contributed by atoms with Crippen LogP contribution in [0.3, 0.4) is 0 Å². The van der Waals surface area contributed by atoms with Crippen LogP contribution in [0.25, 0.3) is 95.0 Å². The molecule has 0 amide bonds. The van der Waals surface area contributed by atoms with Gasteiger partial charge in [-0.3, -0.25) is 0 Å². The lowest BCUT2D eigenvalue weighted by molar-refractivity contribution is 0.511. The summed E-state index contributed by atoms with van der Waals surface area (Å²) in [6.45, 7) is 4.18. The molecule has 2 heterocycles. The summed E-state index contributed by atoms with van der Waals surface area (Å²) in [6.07, 6.45) is 0. The van der Waals surface area contributed by atoms with E-state index in [0.717, 1.165) is 66.9 Å². The van der Waals surface area contributed by atoms with Gasteiger partial charge in [-0.2, -0.15) is 0 Å². The summed E-state index contributed by atoms with van der Waals surface area (Å²) in [5.41, 5.74) is 12.4. The van der Waals surface area contributed by atoms with Gasteiger partial charge in [0.25, 0.3) is 0 Å². The Morgan fingerprint density at radius 1 is 0.373 bits per heavy atom. The Bertz CT molecular complexity index is 3010. The van der Waals surface area contributed by atoms with E-state index < -0.39 is 11.6 Å². The van der Waals surface area contributed by atoms with Gasteiger partial charge in [0.2, 0.25) is 0 Å². The SMILES string of the molecule is Cc1ccc(-c2ccc3c4ccc(-c5ccc(C)cc5)cc4n(-c4ccc(-c5cccc(F)c5F)cc4-c4nc(-c5ccccc5)nc(-c5ccccc5)n4)c3c2)cc1. The van der Waals surface area contributed by atoms with Crippen LogP contribution in [0.15, 0.2) is 182 Å². The molecule has 0 aliphatic rings. The molecule has 0 aliphatic carbocycles. The van der Waals surface area contributed by atoms with Crippen LogP contribution < -0.4 is 0 Å². The number of benzene rings is 8. The van der Waals surface area contributed by atoms with Crippen LogP contribution in [0.1, 0.15) is 11.1 Å². The molecule has 0 saturated carbocycles. The van der Waals surface area contributed by atoms with Gasteiger partial charge in [0.05, 0.1) is 16.7 Å². The van der Waals surface area contributed by atoms with Gasteiger partial charge in [-0.25, -0.2) is 23.7 Å². The van der Waals surface area contributed by atoms with Crippen LogP contribution in [0.5, 0.6) is 0 Å². The average Bonchev–Trinajstić information content (AvgIpc) is 3.61. The van der Waals surface area contributed by atoms with Crippen LogP contribution in [0.2, 0.25) is 0 Å². The second kappa shape index (κ2) is 14.7. The van der Waals surface area contributed by atoms with Gasteiger partial charge in [0, 0.05) is 33.0 Å². The monoisotopic (exact) mass is 766 g/mol. The van der Waals surface area contributed by atoms with Crippen molar-refractivity contribution in [2.24, 2.45) is 0 Å². The quantitative estimate of drug-likeness (QED) is 0.162. The summed E-state index contributed by atoms with van der Waals surface area (Å²) in [6, 6.07) is 59.8. The topological polar surface area (TPSA) is 43.6 Å². The van der Waals surface area contributed by atoms with Crippen molar-refractivity contribution in [3.05, 3.63) is 205 Å². The van der Waals surface area contributed by atoms with E-state index in [-0.39, 0.29) is 5.56 Å².